The largest absolute Gasteiger partial charge is 0.465 e. The Balaban J connectivity index is 2.21. The molecular formula is C10H13NO2S. The highest BCUT2D eigenvalue weighted by Crippen LogP contribution is 2.49. The lowest BCUT2D eigenvalue weighted by molar-refractivity contribution is -0.146. The van der Waals surface area contributed by atoms with E-state index in [1.807, 2.05) is 19.2 Å². The van der Waals surface area contributed by atoms with Crippen molar-refractivity contribution in [1.82, 2.24) is 4.98 Å². The van der Waals surface area contributed by atoms with Crippen LogP contribution in [-0.2, 0) is 14.9 Å². The predicted molar refractivity (Wildman–Crippen MR) is 54.4 cm³/mol. The summed E-state index contributed by atoms with van der Waals surface area (Å²) >= 11 is 1.59. The Morgan fingerprint density at radius 1 is 1.71 bits per heavy atom. The van der Waals surface area contributed by atoms with E-state index < -0.39 is 0 Å². The Hall–Kier alpha value is -0.900. The highest BCUT2D eigenvalue weighted by atomic mass is 32.1. The van der Waals surface area contributed by atoms with Gasteiger partial charge in [0.05, 0.1) is 17.3 Å². The van der Waals surface area contributed by atoms with Gasteiger partial charge in [-0.1, -0.05) is 0 Å². The molecule has 3 nitrogen and oxygen atoms in total. The third-order valence-corrected chi connectivity index (χ3v) is 3.30. The lowest BCUT2D eigenvalue weighted by Crippen LogP contribution is -2.23. The van der Waals surface area contributed by atoms with Crippen molar-refractivity contribution in [3.8, 4) is 0 Å². The third kappa shape index (κ3) is 1.43. The average Bonchev–Trinajstić information content (AvgIpc) is 2.85. The molecule has 1 aromatic rings. The van der Waals surface area contributed by atoms with Crippen LogP contribution < -0.4 is 0 Å². The standard InChI is InChI=1S/C10H13NO2S/c1-3-13-9(12)10(4-5-10)8-6-14-7(2)11-8/h6H,3-5H2,1-2H3. The number of nitrogens with zero attached hydrogens (tertiary/aromatic N) is 1. The van der Waals surface area contributed by atoms with E-state index >= 15 is 0 Å². The molecule has 0 atom stereocenters. The van der Waals surface area contributed by atoms with Crippen LogP contribution in [0.5, 0.6) is 0 Å². The molecule has 0 saturated heterocycles. The first-order valence-electron chi connectivity index (χ1n) is 4.79. The fourth-order valence-corrected chi connectivity index (χ4v) is 2.25. The minimum absolute atomic E-state index is 0.106. The van der Waals surface area contributed by atoms with Gasteiger partial charge in [-0.25, -0.2) is 4.98 Å². The number of esters is 1. The molecule has 0 aromatic carbocycles. The highest BCUT2D eigenvalue weighted by Gasteiger charge is 2.54. The molecule has 1 aliphatic carbocycles. The smallest absolute Gasteiger partial charge is 0.318 e. The van der Waals surface area contributed by atoms with E-state index in [0.717, 1.165) is 23.5 Å². The van der Waals surface area contributed by atoms with Crippen LogP contribution in [0.4, 0.5) is 0 Å². The Labute approximate surface area is 87.1 Å². The van der Waals surface area contributed by atoms with E-state index in [1.54, 1.807) is 11.3 Å². The lowest BCUT2D eigenvalue weighted by atomic mass is 10.0. The van der Waals surface area contributed by atoms with Crippen LogP contribution in [0.2, 0.25) is 0 Å². The van der Waals surface area contributed by atoms with Gasteiger partial charge >= 0.3 is 5.97 Å². The summed E-state index contributed by atoms with van der Waals surface area (Å²) in [5, 5.41) is 2.98. The molecular weight excluding hydrogens is 198 g/mol. The number of thiazole rings is 1. The molecule has 14 heavy (non-hydrogen) atoms. The number of aryl methyl sites for hydroxylation is 1. The monoisotopic (exact) mass is 211 g/mol. The van der Waals surface area contributed by atoms with Crippen LogP contribution in [0.15, 0.2) is 5.38 Å². The second kappa shape index (κ2) is 3.35. The highest BCUT2D eigenvalue weighted by molar-refractivity contribution is 7.09. The van der Waals surface area contributed by atoms with Crippen molar-refractivity contribution in [3.63, 3.8) is 0 Å². The molecule has 0 unspecified atom stereocenters. The summed E-state index contributed by atoms with van der Waals surface area (Å²) in [5.41, 5.74) is 0.513. The van der Waals surface area contributed by atoms with Gasteiger partial charge in [0.2, 0.25) is 0 Å². The minimum atomic E-state index is -0.388. The van der Waals surface area contributed by atoms with Crippen LogP contribution >= 0.6 is 11.3 Å². The fraction of sp³-hybridized carbons (Fsp3) is 0.600. The molecule has 0 N–H and O–H groups in total. The zero-order valence-corrected chi connectivity index (χ0v) is 9.19. The van der Waals surface area contributed by atoms with Gasteiger partial charge in [-0.05, 0) is 26.7 Å². The van der Waals surface area contributed by atoms with Crippen molar-refractivity contribution in [2.24, 2.45) is 0 Å². The van der Waals surface area contributed by atoms with Gasteiger partial charge in [0.1, 0.15) is 5.41 Å². The quantitative estimate of drug-likeness (QED) is 0.718. The zero-order chi connectivity index (χ0) is 10.2. The van der Waals surface area contributed by atoms with Gasteiger partial charge in [0.15, 0.2) is 0 Å². The maximum atomic E-state index is 11.7. The second-order valence-corrected chi connectivity index (χ2v) is 4.62. The van der Waals surface area contributed by atoms with Crippen LogP contribution in [0.3, 0.4) is 0 Å². The van der Waals surface area contributed by atoms with Crippen LogP contribution in [-0.4, -0.2) is 17.6 Å². The van der Waals surface area contributed by atoms with Gasteiger partial charge in [-0.3, -0.25) is 4.79 Å². The Morgan fingerprint density at radius 2 is 2.43 bits per heavy atom. The fourth-order valence-electron chi connectivity index (χ4n) is 1.54. The first kappa shape index (κ1) is 9.65. The maximum absolute atomic E-state index is 11.7. The Bertz CT molecular complexity index is 355. The summed E-state index contributed by atoms with van der Waals surface area (Å²) in [6.07, 6.45) is 1.77. The summed E-state index contributed by atoms with van der Waals surface area (Å²) in [6.45, 7) is 4.24. The number of hydrogen-bond donors (Lipinski definition) is 0. The molecule has 2 rings (SSSR count). The van der Waals surface area contributed by atoms with E-state index in [-0.39, 0.29) is 11.4 Å². The molecule has 0 radical (unpaired) electrons. The van der Waals surface area contributed by atoms with Crippen LogP contribution in [0.1, 0.15) is 30.5 Å². The normalized spacial score (nSPS) is 17.9. The van der Waals surface area contributed by atoms with Crippen molar-refractivity contribution >= 4 is 17.3 Å². The van der Waals surface area contributed by atoms with Crippen LogP contribution in [0.25, 0.3) is 0 Å². The molecule has 76 valence electrons. The number of ether oxygens (including phenoxy) is 1. The maximum Gasteiger partial charge on any atom is 0.318 e. The van der Waals surface area contributed by atoms with E-state index in [0.29, 0.717) is 6.61 Å². The number of carbonyl (C=O) groups excluding carboxylic acids is 1. The average molecular weight is 211 g/mol. The molecule has 1 heterocycles. The summed E-state index contributed by atoms with van der Waals surface area (Å²) in [5.74, 6) is -0.106. The summed E-state index contributed by atoms with van der Waals surface area (Å²) < 4.78 is 5.06. The number of aromatic nitrogens is 1. The second-order valence-electron chi connectivity index (χ2n) is 3.55. The Kier molecular flexibility index (Phi) is 2.31. The molecule has 1 saturated carbocycles. The van der Waals surface area contributed by atoms with E-state index in [1.165, 1.54) is 0 Å². The number of carbonyl (C=O) groups is 1. The van der Waals surface area contributed by atoms with Crippen molar-refractivity contribution in [3.05, 3.63) is 16.1 Å². The van der Waals surface area contributed by atoms with Crippen molar-refractivity contribution < 1.29 is 9.53 Å². The van der Waals surface area contributed by atoms with Crippen molar-refractivity contribution in [2.75, 3.05) is 6.61 Å². The molecule has 4 heteroatoms. The zero-order valence-electron chi connectivity index (χ0n) is 8.37. The molecule has 0 bridgehead atoms. The van der Waals surface area contributed by atoms with Crippen LogP contribution in [0, 0.1) is 6.92 Å². The van der Waals surface area contributed by atoms with Gasteiger partial charge in [-0.15, -0.1) is 11.3 Å². The molecule has 0 spiro atoms. The first-order valence-corrected chi connectivity index (χ1v) is 5.67. The van der Waals surface area contributed by atoms with Gasteiger partial charge in [0, 0.05) is 5.38 Å². The van der Waals surface area contributed by atoms with Crippen molar-refractivity contribution in [1.29, 1.82) is 0 Å². The van der Waals surface area contributed by atoms with Crippen molar-refractivity contribution in [2.45, 2.75) is 32.1 Å². The number of hydrogen-bond acceptors (Lipinski definition) is 4. The number of rotatable bonds is 3. The topological polar surface area (TPSA) is 39.2 Å². The summed E-state index contributed by atoms with van der Waals surface area (Å²) in [6, 6.07) is 0. The van der Waals surface area contributed by atoms with Gasteiger partial charge in [0.25, 0.3) is 0 Å². The summed E-state index contributed by atoms with van der Waals surface area (Å²) in [7, 11) is 0. The van der Waals surface area contributed by atoms with E-state index in [4.69, 9.17) is 4.74 Å². The molecule has 0 aliphatic heterocycles. The first-order chi connectivity index (χ1) is 6.69. The Morgan fingerprint density at radius 3 is 2.86 bits per heavy atom. The minimum Gasteiger partial charge on any atom is -0.465 e. The molecule has 1 aliphatic rings. The SMILES string of the molecule is CCOC(=O)C1(c2csc(C)n2)CC1. The molecule has 1 fully saturated rings. The van der Waals surface area contributed by atoms with E-state index in [9.17, 15) is 4.79 Å². The lowest BCUT2D eigenvalue weighted by Gasteiger charge is -2.10. The predicted octanol–water partition coefficient (Wildman–Crippen LogP) is 2.05. The van der Waals surface area contributed by atoms with Gasteiger partial charge in [-0.2, -0.15) is 0 Å². The summed E-state index contributed by atoms with van der Waals surface area (Å²) in [4.78, 5) is 16.0. The molecule has 1 aromatic heterocycles. The van der Waals surface area contributed by atoms with Gasteiger partial charge < -0.3 is 4.74 Å². The molecule has 0 amide bonds. The van der Waals surface area contributed by atoms with E-state index in [2.05, 4.69) is 4.98 Å². The third-order valence-electron chi connectivity index (χ3n) is 2.53.